The molecule has 0 atom stereocenters. The topological polar surface area (TPSA) is 65.8 Å². The van der Waals surface area contributed by atoms with Crippen molar-refractivity contribution in [3.63, 3.8) is 0 Å². The maximum absolute atomic E-state index is 12.3. The molecule has 0 spiro atoms. The first-order valence-corrected chi connectivity index (χ1v) is 7.58. The summed E-state index contributed by atoms with van der Waals surface area (Å²) in [5, 5.41) is 12.3. The fraction of sp³-hybridized carbons (Fsp3) is 0.118. The van der Waals surface area contributed by atoms with E-state index in [0.717, 1.165) is 15.8 Å². The molecule has 1 amide bonds. The summed E-state index contributed by atoms with van der Waals surface area (Å²) in [5.74, 6) is -0.259. The summed E-state index contributed by atoms with van der Waals surface area (Å²) in [6.45, 7) is 4.05. The van der Waals surface area contributed by atoms with Crippen LogP contribution in [0.3, 0.4) is 0 Å². The first-order chi connectivity index (χ1) is 10.6. The summed E-state index contributed by atoms with van der Waals surface area (Å²) in [6.07, 6.45) is 0. The van der Waals surface area contributed by atoms with Gasteiger partial charge in [0.05, 0.1) is 21.8 Å². The number of anilines is 1. The minimum Gasteiger partial charge on any atom is -0.298 e. The van der Waals surface area contributed by atoms with Gasteiger partial charge in [0, 0.05) is 5.56 Å². The Morgan fingerprint density at radius 3 is 2.86 bits per heavy atom. The number of nitrogens with zero attached hydrogens (tertiary/aromatic N) is 2. The van der Waals surface area contributed by atoms with E-state index in [1.165, 1.54) is 16.9 Å². The molecule has 108 valence electrons. The predicted molar refractivity (Wildman–Crippen MR) is 88.2 cm³/mol. The third kappa shape index (κ3) is 2.69. The number of fused-ring (bicyclic) bond motifs is 1. The molecule has 0 fully saturated rings. The van der Waals surface area contributed by atoms with E-state index in [9.17, 15) is 4.79 Å². The zero-order valence-corrected chi connectivity index (χ0v) is 13.0. The van der Waals surface area contributed by atoms with Gasteiger partial charge in [0.15, 0.2) is 5.13 Å². The van der Waals surface area contributed by atoms with Crippen LogP contribution in [-0.2, 0) is 0 Å². The van der Waals surface area contributed by atoms with Gasteiger partial charge in [0.1, 0.15) is 0 Å². The van der Waals surface area contributed by atoms with Crippen LogP contribution >= 0.6 is 11.3 Å². The van der Waals surface area contributed by atoms with Gasteiger partial charge in [-0.1, -0.05) is 23.5 Å². The molecule has 0 aliphatic rings. The van der Waals surface area contributed by atoms with Crippen molar-refractivity contribution in [2.75, 3.05) is 5.32 Å². The largest absolute Gasteiger partial charge is 0.298 e. The van der Waals surface area contributed by atoms with Gasteiger partial charge in [-0.2, -0.15) is 5.26 Å². The highest BCUT2D eigenvalue weighted by Gasteiger charge is 2.11. The van der Waals surface area contributed by atoms with Gasteiger partial charge in [0.2, 0.25) is 0 Å². The van der Waals surface area contributed by atoms with Gasteiger partial charge in [-0.15, -0.1) is 0 Å². The van der Waals surface area contributed by atoms with Crippen molar-refractivity contribution in [2.45, 2.75) is 13.8 Å². The van der Waals surface area contributed by atoms with Crippen molar-refractivity contribution < 1.29 is 4.79 Å². The summed E-state index contributed by atoms with van der Waals surface area (Å²) in [4.78, 5) is 16.7. The van der Waals surface area contributed by atoms with Crippen molar-refractivity contribution in [3.05, 3.63) is 58.7 Å². The first-order valence-electron chi connectivity index (χ1n) is 6.76. The molecule has 0 aliphatic carbocycles. The smallest absolute Gasteiger partial charge is 0.257 e. The van der Waals surface area contributed by atoms with Crippen LogP contribution in [-0.4, -0.2) is 10.9 Å². The molecule has 0 saturated heterocycles. The average Bonchev–Trinajstić information content (AvgIpc) is 2.90. The second-order valence-electron chi connectivity index (χ2n) is 5.09. The molecule has 0 aliphatic heterocycles. The Labute approximate surface area is 132 Å². The Kier molecular flexibility index (Phi) is 3.61. The summed E-state index contributed by atoms with van der Waals surface area (Å²) < 4.78 is 1.05. The Morgan fingerprint density at radius 2 is 2.09 bits per heavy atom. The Balaban J connectivity index is 1.91. The van der Waals surface area contributed by atoms with E-state index in [-0.39, 0.29) is 5.91 Å². The fourth-order valence-corrected chi connectivity index (χ4v) is 3.36. The molecule has 1 N–H and O–H groups in total. The number of aromatic nitrogens is 1. The number of thiazole rings is 1. The van der Waals surface area contributed by atoms with E-state index in [4.69, 9.17) is 5.26 Å². The van der Waals surface area contributed by atoms with E-state index in [1.54, 1.807) is 24.3 Å². The molecule has 0 radical (unpaired) electrons. The number of nitriles is 1. The van der Waals surface area contributed by atoms with Crippen LogP contribution in [0.4, 0.5) is 5.13 Å². The van der Waals surface area contributed by atoms with Crippen LogP contribution < -0.4 is 5.32 Å². The lowest BCUT2D eigenvalue weighted by atomic mass is 10.1. The number of nitrogens with one attached hydrogen (secondary N) is 1. The van der Waals surface area contributed by atoms with Crippen LogP contribution in [0.5, 0.6) is 0 Å². The monoisotopic (exact) mass is 307 g/mol. The van der Waals surface area contributed by atoms with Gasteiger partial charge in [-0.25, -0.2) is 4.98 Å². The number of hydrogen-bond donors (Lipinski definition) is 1. The highest BCUT2D eigenvalue weighted by Crippen LogP contribution is 2.29. The molecule has 0 unspecified atom stereocenters. The van der Waals surface area contributed by atoms with Gasteiger partial charge in [-0.3, -0.25) is 10.1 Å². The molecule has 4 nitrogen and oxygen atoms in total. The zero-order valence-electron chi connectivity index (χ0n) is 12.2. The minimum atomic E-state index is -0.259. The van der Waals surface area contributed by atoms with Gasteiger partial charge < -0.3 is 0 Å². The quantitative estimate of drug-likeness (QED) is 0.777. The van der Waals surface area contributed by atoms with Crippen molar-refractivity contribution in [3.8, 4) is 6.07 Å². The third-order valence-corrected chi connectivity index (χ3v) is 4.22. The van der Waals surface area contributed by atoms with Crippen LogP contribution in [0.15, 0.2) is 36.4 Å². The first kappa shape index (κ1) is 14.2. The number of aryl methyl sites for hydroxylation is 2. The molecule has 1 aromatic heterocycles. The van der Waals surface area contributed by atoms with Crippen molar-refractivity contribution >= 4 is 32.6 Å². The highest BCUT2D eigenvalue weighted by molar-refractivity contribution is 7.22. The van der Waals surface area contributed by atoms with E-state index >= 15 is 0 Å². The maximum Gasteiger partial charge on any atom is 0.257 e. The summed E-state index contributed by atoms with van der Waals surface area (Å²) in [6, 6.07) is 12.8. The Hall–Kier alpha value is -2.71. The lowest BCUT2D eigenvalue weighted by Gasteiger charge is -2.01. The second kappa shape index (κ2) is 5.58. The molecule has 5 heteroatoms. The fourth-order valence-electron chi connectivity index (χ4n) is 2.32. The predicted octanol–water partition coefficient (Wildman–Crippen LogP) is 4.04. The lowest BCUT2D eigenvalue weighted by Crippen LogP contribution is -2.11. The molecule has 1 heterocycles. The average molecular weight is 307 g/mol. The van der Waals surface area contributed by atoms with Gasteiger partial charge >= 0.3 is 0 Å². The Morgan fingerprint density at radius 1 is 1.27 bits per heavy atom. The molecule has 0 saturated carbocycles. The second-order valence-corrected chi connectivity index (χ2v) is 6.12. The summed E-state index contributed by atoms with van der Waals surface area (Å²) in [5.41, 5.74) is 4.10. The Bertz CT molecular complexity index is 921. The molecule has 3 rings (SSSR count). The van der Waals surface area contributed by atoms with Crippen LogP contribution in [0, 0.1) is 25.2 Å². The van der Waals surface area contributed by atoms with Crippen molar-refractivity contribution in [1.82, 2.24) is 4.98 Å². The number of amides is 1. The van der Waals surface area contributed by atoms with E-state index in [0.29, 0.717) is 16.3 Å². The minimum absolute atomic E-state index is 0.259. The lowest BCUT2D eigenvalue weighted by molar-refractivity contribution is 0.102. The van der Waals surface area contributed by atoms with Crippen LogP contribution in [0.1, 0.15) is 27.0 Å². The zero-order chi connectivity index (χ0) is 15.7. The van der Waals surface area contributed by atoms with E-state index in [1.807, 2.05) is 19.9 Å². The molecular weight excluding hydrogens is 294 g/mol. The summed E-state index contributed by atoms with van der Waals surface area (Å²) >= 11 is 1.45. The highest BCUT2D eigenvalue weighted by atomic mass is 32.1. The maximum atomic E-state index is 12.3. The standard InChI is InChI=1S/C17H13N3OS/c1-10-6-11(2)15-14(7-10)22-17(19-15)20-16(21)13-5-3-4-12(8-13)9-18/h3-8H,1-2H3,(H,19,20,21). The molecule has 3 aromatic rings. The molecule has 0 bridgehead atoms. The number of benzene rings is 2. The third-order valence-electron chi connectivity index (χ3n) is 3.30. The number of carbonyl (C=O) groups excluding carboxylic acids is 1. The normalized spacial score (nSPS) is 10.4. The van der Waals surface area contributed by atoms with Crippen LogP contribution in [0.25, 0.3) is 10.2 Å². The van der Waals surface area contributed by atoms with Gasteiger partial charge in [0.25, 0.3) is 5.91 Å². The van der Waals surface area contributed by atoms with Gasteiger partial charge in [-0.05, 0) is 49.2 Å². The summed E-state index contributed by atoms with van der Waals surface area (Å²) in [7, 11) is 0. The number of hydrogen-bond acceptors (Lipinski definition) is 4. The molecule has 22 heavy (non-hydrogen) atoms. The van der Waals surface area contributed by atoms with Crippen molar-refractivity contribution in [1.29, 1.82) is 5.26 Å². The SMILES string of the molecule is Cc1cc(C)c2nc(NC(=O)c3cccc(C#N)c3)sc2c1. The van der Waals surface area contributed by atoms with Crippen LogP contribution in [0.2, 0.25) is 0 Å². The van der Waals surface area contributed by atoms with E-state index < -0.39 is 0 Å². The molecule has 2 aromatic carbocycles. The number of rotatable bonds is 2. The molecular formula is C17H13N3OS. The van der Waals surface area contributed by atoms with Crippen molar-refractivity contribution in [2.24, 2.45) is 0 Å². The van der Waals surface area contributed by atoms with E-state index in [2.05, 4.69) is 22.4 Å². The number of carbonyl (C=O) groups is 1.